The minimum Gasteiger partial charge on any atom is -0.350 e. The molecule has 1 amide bonds. The zero-order valence-electron chi connectivity index (χ0n) is 14.7. The summed E-state index contributed by atoms with van der Waals surface area (Å²) in [4.78, 5) is 12.2. The molecule has 5 nitrogen and oxygen atoms in total. The molecule has 2 rings (SSSR count). The van der Waals surface area contributed by atoms with Gasteiger partial charge in [0.05, 0.1) is 10.7 Å². The van der Waals surface area contributed by atoms with Gasteiger partial charge in [-0.3, -0.25) is 9.10 Å². The number of rotatable bonds is 6. The van der Waals surface area contributed by atoms with Crippen LogP contribution in [0.15, 0.2) is 47.4 Å². The van der Waals surface area contributed by atoms with Crippen molar-refractivity contribution in [3.05, 3.63) is 58.1 Å². The van der Waals surface area contributed by atoms with E-state index in [-0.39, 0.29) is 27.4 Å². The van der Waals surface area contributed by atoms with Crippen LogP contribution in [0.2, 0.25) is 10.0 Å². The Morgan fingerprint density at radius 1 is 1.15 bits per heavy atom. The largest absolute Gasteiger partial charge is 0.350 e. The lowest BCUT2D eigenvalue weighted by Gasteiger charge is -2.21. The number of carbonyl (C=O) groups is 1. The highest BCUT2D eigenvalue weighted by atomic mass is 35.5. The van der Waals surface area contributed by atoms with Crippen LogP contribution < -0.4 is 9.62 Å². The van der Waals surface area contributed by atoms with E-state index in [1.165, 1.54) is 25.2 Å². The Balaban J connectivity index is 2.41. The van der Waals surface area contributed by atoms with Gasteiger partial charge in [-0.05, 0) is 55.8 Å². The SMILES string of the molecule is CCC(C)NC(=O)c1ccc(Cl)c(S(=O)(=O)N(C)c2ccc(Cl)cc2)c1. The maximum absolute atomic E-state index is 13.0. The molecule has 2 aromatic rings. The van der Waals surface area contributed by atoms with Gasteiger partial charge in [-0.25, -0.2) is 8.42 Å². The molecule has 0 saturated carbocycles. The highest BCUT2D eigenvalue weighted by Crippen LogP contribution is 2.29. The average molecular weight is 415 g/mol. The molecule has 0 heterocycles. The number of amides is 1. The molecule has 0 radical (unpaired) electrons. The molecular weight excluding hydrogens is 395 g/mol. The van der Waals surface area contributed by atoms with E-state index in [2.05, 4.69) is 5.32 Å². The second-order valence-corrected chi connectivity index (χ2v) is 8.66. The second kappa shape index (κ2) is 8.29. The first-order valence-electron chi connectivity index (χ1n) is 8.01. The zero-order valence-corrected chi connectivity index (χ0v) is 17.0. The Bertz CT molecular complexity index is 899. The molecule has 0 bridgehead atoms. The summed E-state index contributed by atoms with van der Waals surface area (Å²) in [6.45, 7) is 3.82. The summed E-state index contributed by atoms with van der Waals surface area (Å²) in [7, 11) is -2.53. The molecule has 0 saturated heterocycles. The number of anilines is 1. The van der Waals surface area contributed by atoms with E-state index in [1.807, 2.05) is 13.8 Å². The topological polar surface area (TPSA) is 66.5 Å². The Labute approximate surface area is 164 Å². The lowest BCUT2D eigenvalue weighted by molar-refractivity contribution is 0.0939. The van der Waals surface area contributed by atoms with Gasteiger partial charge in [0.25, 0.3) is 15.9 Å². The monoisotopic (exact) mass is 414 g/mol. The van der Waals surface area contributed by atoms with Crippen molar-refractivity contribution in [3.8, 4) is 0 Å². The summed E-state index contributed by atoms with van der Waals surface area (Å²) in [6, 6.07) is 10.6. The van der Waals surface area contributed by atoms with Crippen molar-refractivity contribution in [1.29, 1.82) is 0 Å². The van der Waals surface area contributed by atoms with E-state index in [1.54, 1.807) is 24.3 Å². The molecule has 26 heavy (non-hydrogen) atoms. The van der Waals surface area contributed by atoms with Gasteiger partial charge in [0.2, 0.25) is 0 Å². The summed E-state index contributed by atoms with van der Waals surface area (Å²) in [5, 5.41) is 3.35. The summed E-state index contributed by atoms with van der Waals surface area (Å²) in [5.41, 5.74) is 0.665. The number of benzene rings is 2. The molecule has 1 atom stereocenters. The van der Waals surface area contributed by atoms with Crippen LogP contribution in [0.5, 0.6) is 0 Å². The van der Waals surface area contributed by atoms with E-state index in [4.69, 9.17) is 23.2 Å². The number of halogens is 2. The third-order valence-corrected chi connectivity index (χ3v) is 6.53. The minimum absolute atomic E-state index is 0.0185. The van der Waals surface area contributed by atoms with Crippen LogP contribution in [0.4, 0.5) is 5.69 Å². The lowest BCUT2D eigenvalue weighted by atomic mass is 10.2. The fourth-order valence-electron chi connectivity index (χ4n) is 2.19. The molecule has 0 aliphatic heterocycles. The van der Waals surface area contributed by atoms with Crippen LogP contribution in [0.25, 0.3) is 0 Å². The Morgan fingerprint density at radius 3 is 2.35 bits per heavy atom. The molecule has 1 unspecified atom stereocenters. The predicted octanol–water partition coefficient (Wildman–Crippen LogP) is 4.35. The number of carbonyl (C=O) groups excluding carboxylic acids is 1. The van der Waals surface area contributed by atoms with Crippen LogP contribution in [0.1, 0.15) is 30.6 Å². The first-order valence-corrected chi connectivity index (χ1v) is 10.2. The average Bonchev–Trinajstić information content (AvgIpc) is 2.61. The maximum Gasteiger partial charge on any atom is 0.265 e. The van der Waals surface area contributed by atoms with Crippen LogP contribution in [0.3, 0.4) is 0 Å². The van der Waals surface area contributed by atoms with Crippen molar-refractivity contribution in [3.63, 3.8) is 0 Å². The van der Waals surface area contributed by atoms with Gasteiger partial charge in [-0.1, -0.05) is 30.1 Å². The fraction of sp³-hybridized carbons (Fsp3) is 0.278. The number of hydrogen-bond donors (Lipinski definition) is 1. The standard InChI is InChI=1S/C18H20Cl2N2O3S/c1-4-12(2)21-18(23)13-5-10-16(20)17(11-13)26(24,25)22(3)15-8-6-14(19)7-9-15/h5-12H,4H2,1-3H3,(H,21,23). The Morgan fingerprint density at radius 2 is 1.77 bits per heavy atom. The molecule has 0 aromatic heterocycles. The van der Waals surface area contributed by atoms with E-state index in [0.717, 1.165) is 10.7 Å². The molecule has 140 valence electrons. The van der Waals surface area contributed by atoms with Gasteiger partial charge < -0.3 is 5.32 Å². The number of nitrogens with one attached hydrogen (secondary N) is 1. The molecule has 0 spiro atoms. The first kappa shape index (κ1) is 20.6. The highest BCUT2D eigenvalue weighted by molar-refractivity contribution is 7.93. The minimum atomic E-state index is -3.95. The number of nitrogens with zero attached hydrogens (tertiary/aromatic N) is 1. The predicted molar refractivity (Wildman–Crippen MR) is 106 cm³/mol. The summed E-state index contributed by atoms with van der Waals surface area (Å²) < 4.78 is 27.0. The summed E-state index contributed by atoms with van der Waals surface area (Å²) in [5.74, 6) is -0.346. The van der Waals surface area contributed by atoms with Crippen molar-refractivity contribution in [1.82, 2.24) is 5.32 Å². The van der Waals surface area contributed by atoms with Crippen LogP contribution >= 0.6 is 23.2 Å². The van der Waals surface area contributed by atoms with Gasteiger partial charge in [-0.2, -0.15) is 0 Å². The van der Waals surface area contributed by atoms with Crippen LogP contribution in [0, 0.1) is 0 Å². The van der Waals surface area contributed by atoms with Crippen molar-refractivity contribution >= 4 is 44.8 Å². The smallest absolute Gasteiger partial charge is 0.265 e. The van der Waals surface area contributed by atoms with Gasteiger partial charge in [-0.15, -0.1) is 0 Å². The zero-order chi connectivity index (χ0) is 19.5. The Kier molecular flexibility index (Phi) is 6.55. The van der Waals surface area contributed by atoms with Crippen molar-refractivity contribution < 1.29 is 13.2 Å². The lowest BCUT2D eigenvalue weighted by Crippen LogP contribution is -2.32. The molecule has 2 aromatic carbocycles. The molecule has 0 fully saturated rings. The summed E-state index contributed by atoms with van der Waals surface area (Å²) >= 11 is 12.0. The summed E-state index contributed by atoms with van der Waals surface area (Å²) in [6.07, 6.45) is 0.768. The van der Waals surface area contributed by atoms with Crippen LogP contribution in [-0.2, 0) is 10.0 Å². The quantitative estimate of drug-likeness (QED) is 0.763. The van der Waals surface area contributed by atoms with Gasteiger partial charge in [0.15, 0.2) is 0 Å². The molecule has 8 heteroatoms. The van der Waals surface area contributed by atoms with Crippen molar-refractivity contribution in [2.75, 3.05) is 11.4 Å². The second-order valence-electron chi connectivity index (χ2n) is 5.88. The third kappa shape index (κ3) is 4.50. The van der Waals surface area contributed by atoms with E-state index < -0.39 is 10.0 Å². The fourth-order valence-corrected chi connectivity index (χ4v) is 4.01. The highest BCUT2D eigenvalue weighted by Gasteiger charge is 2.25. The first-order chi connectivity index (χ1) is 12.2. The van der Waals surface area contributed by atoms with E-state index in [9.17, 15) is 13.2 Å². The molecular formula is C18H20Cl2N2O3S. The van der Waals surface area contributed by atoms with E-state index in [0.29, 0.717) is 10.7 Å². The molecule has 1 N–H and O–H groups in total. The van der Waals surface area contributed by atoms with Crippen LogP contribution in [-0.4, -0.2) is 27.4 Å². The third-order valence-electron chi connectivity index (χ3n) is 4.01. The maximum atomic E-state index is 13.0. The normalized spacial score (nSPS) is 12.5. The number of sulfonamides is 1. The van der Waals surface area contributed by atoms with Gasteiger partial charge in [0.1, 0.15) is 4.90 Å². The van der Waals surface area contributed by atoms with Crippen molar-refractivity contribution in [2.45, 2.75) is 31.2 Å². The number of hydrogen-bond acceptors (Lipinski definition) is 3. The molecule has 0 aliphatic rings. The van der Waals surface area contributed by atoms with Gasteiger partial charge >= 0.3 is 0 Å². The Hall–Kier alpha value is -1.76. The van der Waals surface area contributed by atoms with Gasteiger partial charge in [0, 0.05) is 23.7 Å². The molecule has 0 aliphatic carbocycles. The van der Waals surface area contributed by atoms with Crippen molar-refractivity contribution in [2.24, 2.45) is 0 Å². The van der Waals surface area contributed by atoms with E-state index >= 15 is 0 Å².